The van der Waals surface area contributed by atoms with Gasteiger partial charge in [0.15, 0.2) is 11.6 Å². The molecule has 1 aliphatic carbocycles. The van der Waals surface area contributed by atoms with Crippen molar-refractivity contribution in [3.8, 4) is 11.4 Å². The van der Waals surface area contributed by atoms with Crippen molar-refractivity contribution in [2.75, 3.05) is 13.1 Å². The molecule has 1 N–H and O–H groups in total. The smallest absolute Gasteiger partial charge is 0.309 e. The van der Waals surface area contributed by atoms with Crippen LogP contribution in [0.25, 0.3) is 11.4 Å². The second-order valence-electron chi connectivity index (χ2n) is 9.91. The zero-order valence-electron chi connectivity index (χ0n) is 19.6. The highest BCUT2D eigenvalue weighted by atomic mass is 19.2. The van der Waals surface area contributed by atoms with Gasteiger partial charge < -0.3 is 9.63 Å². The molecule has 2 fully saturated rings. The van der Waals surface area contributed by atoms with Gasteiger partial charge in [0.2, 0.25) is 11.7 Å². The number of aliphatic carboxylic acids is 1. The summed E-state index contributed by atoms with van der Waals surface area (Å²) in [6.07, 6.45) is 6.47. The quantitative estimate of drug-likeness (QED) is 0.466. The monoisotopic (exact) mass is 481 g/mol. The van der Waals surface area contributed by atoms with Crippen LogP contribution in [0.2, 0.25) is 0 Å². The summed E-state index contributed by atoms with van der Waals surface area (Å²) in [7, 11) is 0. The summed E-state index contributed by atoms with van der Waals surface area (Å²) in [6.45, 7) is 1.88. The number of carbonyl (C=O) groups is 1. The molecule has 1 saturated carbocycles. The maximum atomic E-state index is 14.0. The van der Waals surface area contributed by atoms with Gasteiger partial charge >= 0.3 is 5.97 Å². The van der Waals surface area contributed by atoms with E-state index in [2.05, 4.69) is 15.0 Å². The summed E-state index contributed by atoms with van der Waals surface area (Å²) in [6, 6.07) is 12.2. The molecule has 2 aliphatic rings. The Morgan fingerprint density at radius 2 is 1.80 bits per heavy atom. The molecule has 35 heavy (non-hydrogen) atoms. The molecule has 2 heterocycles. The van der Waals surface area contributed by atoms with Crippen molar-refractivity contribution in [3.63, 3.8) is 0 Å². The molecule has 0 radical (unpaired) electrons. The van der Waals surface area contributed by atoms with Gasteiger partial charge in [0.25, 0.3) is 0 Å². The number of aromatic nitrogens is 2. The van der Waals surface area contributed by atoms with Crippen molar-refractivity contribution in [3.05, 3.63) is 71.1 Å². The first-order chi connectivity index (χ1) is 16.9. The van der Waals surface area contributed by atoms with E-state index in [4.69, 9.17) is 9.63 Å². The van der Waals surface area contributed by atoms with E-state index in [1.165, 1.54) is 12.1 Å². The van der Waals surface area contributed by atoms with Gasteiger partial charge in [-0.05, 0) is 47.9 Å². The van der Waals surface area contributed by atoms with Crippen LogP contribution in [0, 0.1) is 17.6 Å². The third-order valence-electron chi connectivity index (χ3n) is 7.55. The molecule has 6 nitrogen and oxygen atoms in total. The van der Waals surface area contributed by atoms with Crippen LogP contribution in [0.15, 0.2) is 47.0 Å². The van der Waals surface area contributed by atoms with Gasteiger partial charge in [-0.15, -0.1) is 0 Å². The van der Waals surface area contributed by atoms with E-state index >= 15 is 0 Å². The fraction of sp³-hybridized carbons (Fsp3) is 0.444. The van der Waals surface area contributed by atoms with E-state index in [0.29, 0.717) is 37.8 Å². The topological polar surface area (TPSA) is 79.5 Å². The Balaban J connectivity index is 1.23. The second-order valence-corrected chi connectivity index (χ2v) is 9.91. The van der Waals surface area contributed by atoms with Gasteiger partial charge in [0.05, 0.1) is 5.92 Å². The largest absolute Gasteiger partial charge is 0.481 e. The summed E-state index contributed by atoms with van der Waals surface area (Å²) in [5, 5.41) is 13.2. The van der Waals surface area contributed by atoms with Gasteiger partial charge in [-0.1, -0.05) is 54.8 Å². The summed E-state index contributed by atoms with van der Waals surface area (Å²) < 4.78 is 33.0. The van der Waals surface area contributed by atoms with Crippen LogP contribution in [0.4, 0.5) is 8.78 Å². The highest BCUT2D eigenvalue weighted by molar-refractivity contribution is 5.71. The number of carboxylic acid groups (broad SMARTS) is 1. The molecular weight excluding hydrogens is 452 g/mol. The van der Waals surface area contributed by atoms with Gasteiger partial charge in [-0.3, -0.25) is 9.69 Å². The van der Waals surface area contributed by atoms with Crippen molar-refractivity contribution in [1.82, 2.24) is 15.0 Å². The van der Waals surface area contributed by atoms with Crippen LogP contribution in [0.1, 0.15) is 55.5 Å². The predicted octanol–water partition coefficient (Wildman–Crippen LogP) is 5.37. The molecule has 2 aromatic carbocycles. The number of hydrogen-bond donors (Lipinski definition) is 1. The Hall–Kier alpha value is -3.13. The number of carboxylic acids is 1. The number of benzene rings is 2. The first-order valence-corrected chi connectivity index (χ1v) is 12.2. The van der Waals surface area contributed by atoms with Gasteiger partial charge in [0, 0.05) is 31.6 Å². The SMILES string of the molecule is O=C(O)C1CN(Cc2ccc(-c3noc(CCC4(c5ccc(F)c(F)c5)CCCCC4)n3)cc2)C1. The molecule has 0 atom stereocenters. The van der Waals surface area contributed by atoms with Gasteiger partial charge in [0.1, 0.15) is 0 Å². The molecule has 184 valence electrons. The molecule has 8 heteroatoms. The van der Waals surface area contributed by atoms with Crippen molar-refractivity contribution in [1.29, 1.82) is 0 Å². The van der Waals surface area contributed by atoms with Crippen LogP contribution in [0.5, 0.6) is 0 Å². The lowest BCUT2D eigenvalue weighted by Crippen LogP contribution is -2.49. The van der Waals surface area contributed by atoms with E-state index < -0.39 is 17.6 Å². The average Bonchev–Trinajstić information content (AvgIpc) is 3.31. The lowest BCUT2D eigenvalue weighted by molar-refractivity contribution is -0.147. The standard InChI is InChI=1S/C27H29F2N3O3/c28-22-9-8-21(14-23(22)29)27(11-2-1-3-12-27)13-10-24-30-25(31-35-24)19-6-4-18(5-7-19)15-32-16-20(17-32)26(33)34/h4-9,14,20H,1-3,10-13,15-17H2,(H,33,34). The number of halogens is 2. The van der Waals surface area contributed by atoms with Crippen molar-refractivity contribution >= 4 is 5.97 Å². The third kappa shape index (κ3) is 5.12. The number of rotatable bonds is 8. The maximum absolute atomic E-state index is 14.0. The Labute approximate surface area is 203 Å². The maximum Gasteiger partial charge on any atom is 0.309 e. The van der Waals surface area contributed by atoms with Crippen LogP contribution in [0.3, 0.4) is 0 Å². The lowest BCUT2D eigenvalue weighted by atomic mass is 9.67. The normalized spacial score (nSPS) is 18.3. The minimum Gasteiger partial charge on any atom is -0.481 e. The second kappa shape index (κ2) is 9.85. The number of aryl methyl sites for hydroxylation is 1. The van der Waals surface area contributed by atoms with Crippen molar-refractivity contribution in [2.45, 2.75) is 56.9 Å². The molecule has 3 aromatic rings. The fourth-order valence-electron chi connectivity index (χ4n) is 5.43. The molecule has 1 aromatic heterocycles. The minimum absolute atomic E-state index is 0.209. The van der Waals surface area contributed by atoms with E-state index in [-0.39, 0.29) is 11.3 Å². The molecule has 0 spiro atoms. The molecule has 5 rings (SSSR count). The van der Waals surface area contributed by atoms with Crippen LogP contribution < -0.4 is 0 Å². The molecular formula is C27H29F2N3O3. The zero-order valence-corrected chi connectivity index (χ0v) is 19.6. The Bertz CT molecular complexity index is 1180. The molecule has 0 unspecified atom stereocenters. The van der Waals surface area contributed by atoms with Gasteiger partial charge in [-0.25, -0.2) is 8.78 Å². The molecule has 1 aliphatic heterocycles. The molecule has 0 amide bonds. The third-order valence-corrected chi connectivity index (χ3v) is 7.55. The van der Waals surface area contributed by atoms with E-state index in [1.807, 2.05) is 24.3 Å². The van der Waals surface area contributed by atoms with Crippen molar-refractivity contribution < 1.29 is 23.2 Å². The zero-order chi connectivity index (χ0) is 24.4. The molecule has 0 bridgehead atoms. The summed E-state index contributed by atoms with van der Waals surface area (Å²) in [5.41, 5.74) is 2.60. The average molecular weight is 482 g/mol. The van der Waals surface area contributed by atoms with Crippen LogP contribution in [-0.4, -0.2) is 39.2 Å². The Kier molecular flexibility index (Phi) is 6.65. The molecule has 1 saturated heterocycles. The predicted molar refractivity (Wildman–Crippen MR) is 126 cm³/mol. The summed E-state index contributed by atoms with van der Waals surface area (Å²) in [5.74, 6) is -1.55. The fourth-order valence-corrected chi connectivity index (χ4v) is 5.43. The van der Waals surface area contributed by atoms with Crippen molar-refractivity contribution in [2.24, 2.45) is 5.92 Å². The Morgan fingerprint density at radius 1 is 1.06 bits per heavy atom. The first kappa shape index (κ1) is 23.6. The Morgan fingerprint density at radius 3 is 2.49 bits per heavy atom. The van der Waals surface area contributed by atoms with E-state index in [1.54, 1.807) is 6.07 Å². The van der Waals surface area contributed by atoms with Crippen LogP contribution >= 0.6 is 0 Å². The lowest BCUT2D eigenvalue weighted by Gasteiger charge is -2.38. The van der Waals surface area contributed by atoms with Crippen LogP contribution in [-0.2, 0) is 23.2 Å². The first-order valence-electron chi connectivity index (χ1n) is 12.2. The highest BCUT2D eigenvalue weighted by Gasteiger charge is 2.35. The number of hydrogen-bond acceptors (Lipinski definition) is 5. The van der Waals surface area contributed by atoms with E-state index in [9.17, 15) is 13.6 Å². The number of likely N-dealkylation sites (tertiary alicyclic amines) is 1. The van der Waals surface area contributed by atoms with E-state index in [0.717, 1.165) is 55.2 Å². The minimum atomic E-state index is -0.818. The number of nitrogens with zero attached hydrogens (tertiary/aromatic N) is 3. The summed E-state index contributed by atoms with van der Waals surface area (Å²) >= 11 is 0. The van der Waals surface area contributed by atoms with Gasteiger partial charge in [-0.2, -0.15) is 4.98 Å². The summed E-state index contributed by atoms with van der Waals surface area (Å²) in [4.78, 5) is 17.6. The highest BCUT2D eigenvalue weighted by Crippen LogP contribution is 2.43.